The average Bonchev–Trinajstić information content (AvgIpc) is 2.64. The molecule has 1 aromatic rings. The van der Waals surface area contributed by atoms with Gasteiger partial charge in [0.2, 0.25) is 17.7 Å². The van der Waals surface area contributed by atoms with Crippen molar-refractivity contribution in [2.24, 2.45) is 5.92 Å². The number of amides is 3. The molecule has 0 aliphatic carbocycles. The second-order valence-electron chi connectivity index (χ2n) is 7.32. The number of carbonyl (C=O) groups is 4. The molecule has 0 aliphatic heterocycles. The third kappa shape index (κ3) is 7.10. The van der Waals surface area contributed by atoms with Crippen LogP contribution in [0.2, 0.25) is 0 Å². The summed E-state index contributed by atoms with van der Waals surface area (Å²) >= 11 is 0. The summed E-state index contributed by atoms with van der Waals surface area (Å²) in [5, 5.41) is 23.7. The van der Waals surface area contributed by atoms with Gasteiger partial charge in [0.05, 0.1) is 0 Å². The van der Waals surface area contributed by atoms with Crippen LogP contribution in [0.4, 0.5) is 0 Å². The molecule has 0 saturated heterocycles. The molecule has 3 amide bonds. The molecule has 4 N–H and O–H groups in total. The third-order valence-corrected chi connectivity index (χ3v) is 4.59. The number of hydrogen-bond acceptors (Lipinski definition) is 5. The summed E-state index contributed by atoms with van der Waals surface area (Å²) in [5.74, 6) is -2.88. The van der Waals surface area contributed by atoms with Gasteiger partial charge in [0.15, 0.2) is 0 Å². The Balaban J connectivity index is 3.00. The summed E-state index contributed by atoms with van der Waals surface area (Å²) < 4.78 is 0. The Hall–Kier alpha value is -3.10. The first-order chi connectivity index (χ1) is 13.4. The normalized spacial score (nSPS) is 13.9. The van der Waals surface area contributed by atoms with Gasteiger partial charge in [-0.3, -0.25) is 14.4 Å². The van der Waals surface area contributed by atoms with Gasteiger partial charge in [-0.1, -0.05) is 26.0 Å². The quantitative estimate of drug-likeness (QED) is 0.471. The van der Waals surface area contributed by atoms with Gasteiger partial charge in [-0.2, -0.15) is 0 Å². The number of carbonyl (C=O) groups excluding carboxylic acids is 3. The van der Waals surface area contributed by atoms with Crippen molar-refractivity contribution < 1.29 is 29.4 Å². The van der Waals surface area contributed by atoms with Crippen LogP contribution in [0.5, 0.6) is 5.75 Å². The molecule has 0 bridgehead atoms. The highest BCUT2D eigenvalue weighted by Crippen LogP contribution is 2.13. The van der Waals surface area contributed by atoms with Crippen LogP contribution in [0.1, 0.15) is 33.3 Å². The van der Waals surface area contributed by atoms with E-state index in [4.69, 9.17) is 5.11 Å². The number of aliphatic carboxylic acids is 1. The summed E-state index contributed by atoms with van der Waals surface area (Å²) in [6.45, 7) is 6.12. The molecule has 0 aromatic heterocycles. The lowest BCUT2D eigenvalue weighted by molar-refractivity contribution is -0.150. The zero-order chi connectivity index (χ0) is 22.3. The molecular weight excluding hydrogens is 378 g/mol. The van der Waals surface area contributed by atoms with Crippen molar-refractivity contribution in [1.29, 1.82) is 0 Å². The number of carboxylic acids is 1. The number of phenols is 1. The van der Waals surface area contributed by atoms with Crippen molar-refractivity contribution in [3.8, 4) is 5.75 Å². The monoisotopic (exact) mass is 407 g/mol. The van der Waals surface area contributed by atoms with E-state index in [1.807, 2.05) is 0 Å². The topological polar surface area (TPSA) is 136 Å². The molecule has 1 aromatic carbocycles. The summed E-state index contributed by atoms with van der Waals surface area (Å²) in [6, 6.07) is 3.26. The molecule has 3 atom stereocenters. The van der Waals surface area contributed by atoms with E-state index < -0.39 is 41.8 Å². The van der Waals surface area contributed by atoms with Gasteiger partial charge >= 0.3 is 5.97 Å². The summed E-state index contributed by atoms with van der Waals surface area (Å²) in [4.78, 5) is 49.4. The van der Waals surface area contributed by atoms with E-state index in [1.165, 1.54) is 33.0 Å². The van der Waals surface area contributed by atoms with E-state index in [9.17, 15) is 24.3 Å². The van der Waals surface area contributed by atoms with Gasteiger partial charge in [-0.25, -0.2) is 4.79 Å². The Bertz CT molecular complexity index is 747. The van der Waals surface area contributed by atoms with E-state index >= 15 is 0 Å². The van der Waals surface area contributed by atoms with Crippen LogP contribution in [0.15, 0.2) is 24.3 Å². The molecule has 9 heteroatoms. The molecule has 160 valence electrons. The van der Waals surface area contributed by atoms with Gasteiger partial charge < -0.3 is 25.7 Å². The number of benzene rings is 1. The number of hydrogen-bond donors (Lipinski definition) is 4. The lowest BCUT2D eigenvalue weighted by Crippen LogP contribution is -2.57. The standard InChI is InChI=1S/C20H29N3O6/c1-11(2)17(19(27)23(5)12(3)20(28)29)22-18(26)16(21-13(4)24)10-14-6-8-15(25)9-7-14/h6-9,11-12,16-17,25H,10H2,1-5H3,(H,21,24)(H,22,26)(H,28,29)/t12-,16-,17-/m0/s1. The first kappa shape index (κ1) is 23.9. The average molecular weight is 407 g/mol. The molecule has 0 saturated carbocycles. The fraction of sp³-hybridized carbons (Fsp3) is 0.500. The summed E-state index contributed by atoms with van der Waals surface area (Å²) in [5.41, 5.74) is 0.709. The van der Waals surface area contributed by atoms with Crippen molar-refractivity contribution in [1.82, 2.24) is 15.5 Å². The highest BCUT2D eigenvalue weighted by Gasteiger charge is 2.33. The molecule has 0 spiro atoms. The number of nitrogens with zero attached hydrogens (tertiary/aromatic N) is 1. The number of aromatic hydroxyl groups is 1. The predicted octanol–water partition coefficient (Wildman–Crippen LogP) is 0.512. The minimum absolute atomic E-state index is 0.0790. The fourth-order valence-electron chi connectivity index (χ4n) is 2.67. The van der Waals surface area contributed by atoms with Gasteiger partial charge in [-0.15, -0.1) is 0 Å². The van der Waals surface area contributed by atoms with Gasteiger partial charge in [0.1, 0.15) is 23.9 Å². The second kappa shape index (κ2) is 10.4. The van der Waals surface area contributed by atoms with E-state index in [-0.39, 0.29) is 18.1 Å². The number of phenolic OH excluding ortho intramolecular Hbond substituents is 1. The minimum atomic E-state index is -1.15. The van der Waals surface area contributed by atoms with Crippen molar-refractivity contribution in [2.45, 2.75) is 52.2 Å². The van der Waals surface area contributed by atoms with Crippen LogP contribution in [-0.2, 0) is 25.6 Å². The van der Waals surface area contributed by atoms with Crippen molar-refractivity contribution in [3.05, 3.63) is 29.8 Å². The number of carboxylic acid groups (broad SMARTS) is 1. The highest BCUT2D eigenvalue weighted by molar-refractivity contribution is 5.93. The Morgan fingerprint density at radius 1 is 1.03 bits per heavy atom. The maximum absolute atomic E-state index is 12.8. The molecule has 29 heavy (non-hydrogen) atoms. The van der Waals surface area contributed by atoms with Crippen LogP contribution in [0.25, 0.3) is 0 Å². The van der Waals surface area contributed by atoms with Crippen molar-refractivity contribution in [3.63, 3.8) is 0 Å². The van der Waals surface area contributed by atoms with Crippen LogP contribution in [0, 0.1) is 5.92 Å². The lowest BCUT2D eigenvalue weighted by Gasteiger charge is -2.30. The first-order valence-corrected chi connectivity index (χ1v) is 9.28. The van der Waals surface area contributed by atoms with E-state index in [2.05, 4.69) is 10.6 Å². The largest absolute Gasteiger partial charge is 0.508 e. The molecule has 0 aliphatic rings. The maximum atomic E-state index is 12.8. The fourth-order valence-corrected chi connectivity index (χ4v) is 2.67. The summed E-state index contributed by atoms with van der Waals surface area (Å²) in [6.07, 6.45) is 0.159. The molecular formula is C20H29N3O6. The molecule has 0 radical (unpaired) electrons. The molecule has 0 unspecified atom stereocenters. The lowest BCUT2D eigenvalue weighted by atomic mass is 10.00. The first-order valence-electron chi connectivity index (χ1n) is 9.28. The second-order valence-corrected chi connectivity index (χ2v) is 7.32. The van der Waals surface area contributed by atoms with Crippen LogP contribution in [0.3, 0.4) is 0 Å². The van der Waals surface area contributed by atoms with E-state index in [1.54, 1.807) is 26.0 Å². The number of likely N-dealkylation sites (N-methyl/N-ethyl adjacent to an activating group) is 1. The summed E-state index contributed by atoms with van der Waals surface area (Å²) in [7, 11) is 1.37. The van der Waals surface area contributed by atoms with Crippen molar-refractivity contribution in [2.75, 3.05) is 7.05 Å². The SMILES string of the molecule is CC(=O)N[C@@H](Cc1ccc(O)cc1)C(=O)N[C@H](C(=O)N(C)[C@@H](C)C(=O)O)C(C)C. The van der Waals surface area contributed by atoms with Crippen LogP contribution >= 0.6 is 0 Å². The molecule has 9 nitrogen and oxygen atoms in total. The smallest absolute Gasteiger partial charge is 0.326 e. The van der Waals surface area contributed by atoms with Gasteiger partial charge in [0, 0.05) is 20.4 Å². The molecule has 0 fully saturated rings. The zero-order valence-electron chi connectivity index (χ0n) is 17.3. The Kier molecular flexibility index (Phi) is 8.62. The van der Waals surface area contributed by atoms with Crippen LogP contribution in [-0.4, -0.2) is 64.0 Å². The number of rotatable bonds is 9. The molecule has 1 rings (SSSR count). The Labute approximate surface area is 170 Å². The van der Waals surface area contributed by atoms with Crippen molar-refractivity contribution >= 4 is 23.7 Å². The zero-order valence-corrected chi connectivity index (χ0v) is 17.3. The van der Waals surface area contributed by atoms with E-state index in [0.29, 0.717) is 5.56 Å². The highest BCUT2D eigenvalue weighted by atomic mass is 16.4. The van der Waals surface area contributed by atoms with Gasteiger partial charge in [0.25, 0.3) is 0 Å². The van der Waals surface area contributed by atoms with Gasteiger partial charge in [-0.05, 0) is 30.5 Å². The Morgan fingerprint density at radius 3 is 2.03 bits per heavy atom. The Morgan fingerprint density at radius 2 is 1.59 bits per heavy atom. The predicted molar refractivity (Wildman–Crippen MR) is 106 cm³/mol. The number of nitrogens with one attached hydrogen (secondary N) is 2. The minimum Gasteiger partial charge on any atom is -0.508 e. The van der Waals surface area contributed by atoms with Crippen LogP contribution < -0.4 is 10.6 Å². The molecule has 0 heterocycles. The maximum Gasteiger partial charge on any atom is 0.326 e. The third-order valence-electron chi connectivity index (χ3n) is 4.59. The van der Waals surface area contributed by atoms with E-state index in [0.717, 1.165) is 4.90 Å².